The van der Waals surface area contributed by atoms with Gasteiger partial charge in [-0.2, -0.15) is 0 Å². The third-order valence-corrected chi connectivity index (χ3v) is 4.07. The van der Waals surface area contributed by atoms with Crippen LogP contribution in [0.25, 0.3) is 0 Å². The van der Waals surface area contributed by atoms with E-state index in [0.29, 0.717) is 11.8 Å². The lowest BCUT2D eigenvalue weighted by molar-refractivity contribution is -0.142. The quantitative estimate of drug-likeness (QED) is 0.800. The van der Waals surface area contributed by atoms with Crippen molar-refractivity contribution in [3.05, 3.63) is 0 Å². The summed E-state index contributed by atoms with van der Waals surface area (Å²) in [5.74, 6) is 0.769. The normalized spacial score (nSPS) is 26.9. The Hall–Kier alpha value is -0.570. The molecule has 16 heavy (non-hydrogen) atoms. The standard InChI is InChI=1S/C13H26N2O/c1-5-10-9-15(8-7-11(10)14)12(16)13(3,4)6-2/h10-11H,5-9,14H2,1-4H3. The van der Waals surface area contributed by atoms with Crippen LogP contribution in [0.4, 0.5) is 0 Å². The van der Waals surface area contributed by atoms with E-state index in [9.17, 15) is 4.79 Å². The molecule has 1 rings (SSSR count). The maximum absolute atomic E-state index is 12.3. The summed E-state index contributed by atoms with van der Waals surface area (Å²) in [5.41, 5.74) is 5.83. The number of carbonyl (C=O) groups is 1. The van der Waals surface area contributed by atoms with Crippen LogP contribution in [-0.2, 0) is 4.79 Å². The predicted molar refractivity (Wildman–Crippen MR) is 67.0 cm³/mol. The molecule has 1 fully saturated rings. The van der Waals surface area contributed by atoms with E-state index in [0.717, 1.165) is 32.4 Å². The van der Waals surface area contributed by atoms with Gasteiger partial charge in [-0.15, -0.1) is 0 Å². The number of rotatable bonds is 3. The van der Waals surface area contributed by atoms with Crippen molar-refractivity contribution in [3.63, 3.8) is 0 Å². The van der Waals surface area contributed by atoms with Gasteiger partial charge in [0.05, 0.1) is 0 Å². The van der Waals surface area contributed by atoms with Crippen LogP contribution in [0.15, 0.2) is 0 Å². The monoisotopic (exact) mass is 226 g/mol. The van der Waals surface area contributed by atoms with E-state index in [-0.39, 0.29) is 11.5 Å². The van der Waals surface area contributed by atoms with Crippen LogP contribution in [0.2, 0.25) is 0 Å². The lowest BCUT2D eigenvalue weighted by atomic mass is 9.85. The summed E-state index contributed by atoms with van der Waals surface area (Å²) in [7, 11) is 0. The molecule has 2 unspecified atom stereocenters. The van der Waals surface area contributed by atoms with Crippen molar-refractivity contribution < 1.29 is 4.79 Å². The number of nitrogens with zero attached hydrogens (tertiary/aromatic N) is 1. The highest BCUT2D eigenvalue weighted by Crippen LogP contribution is 2.27. The second kappa shape index (κ2) is 5.17. The van der Waals surface area contributed by atoms with E-state index >= 15 is 0 Å². The van der Waals surface area contributed by atoms with Gasteiger partial charge >= 0.3 is 0 Å². The van der Waals surface area contributed by atoms with Gasteiger partial charge < -0.3 is 10.6 Å². The molecule has 1 saturated heterocycles. The average molecular weight is 226 g/mol. The molecule has 0 aromatic rings. The van der Waals surface area contributed by atoms with Crippen LogP contribution in [0.1, 0.15) is 47.0 Å². The highest BCUT2D eigenvalue weighted by molar-refractivity contribution is 5.82. The molecule has 3 nitrogen and oxygen atoms in total. The fourth-order valence-electron chi connectivity index (χ4n) is 2.25. The Bertz CT molecular complexity index is 250. The minimum absolute atomic E-state index is 0.222. The summed E-state index contributed by atoms with van der Waals surface area (Å²) in [6.07, 6.45) is 2.91. The van der Waals surface area contributed by atoms with E-state index in [1.165, 1.54) is 0 Å². The Balaban J connectivity index is 2.65. The van der Waals surface area contributed by atoms with Gasteiger partial charge in [0.25, 0.3) is 0 Å². The molecular weight excluding hydrogens is 200 g/mol. The largest absolute Gasteiger partial charge is 0.342 e. The molecular formula is C13H26N2O. The van der Waals surface area contributed by atoms with Crippen LogP contribution in [0.5, 0.6) is 0 Å². The summed E-state index contributed by atoms with van der Waals surface area (Å²) in [6.45, 7) is 9.98. The Morgan fingerprint density at radius 2 is 2.06 bits per heavy atom. The van der Waals surface area contributed by atoms with E-state index in [2.05, 4.69) is 13.8 Å². The number of piperidine rings is 1. The summed E-state index contributed by atoms with van der Waals surface area (Å²) < 4.78 is 0. The minimum Gasteiger partial charge on any atom is -0.342 e. The predicted octanol–water partition coefficient (Wildman–Crippen LogP) is 2.01. The van der Waals surface area contributed by atoms with Crippen molar-refractivity contribution in [1.82, 2.24) is 4.90 Å². The summed E-state index contributed by atoms with van der Waals surface area (Å²) in [6, 6.07) is 0.277. The van der Waals surface area contributed by atoms with Crippen molar-refractivity contribution in [1.29, 1.82) is 0 Å². The minimum atomic E-state index is -0.222. The van der Waals surface area contributed by atoms with Gasteiger partial charge in [0.2, 0.25) is 5.91 Å². The lowest BCUT2D eigenvalue weighted by Gasteiger charge is -2.40. The maximum Gasteiger partial charge on any atom is 0.228 e. The van der Waals surface area contributed by atoms with E-state index in [1.807, 2.05) is 18.7 Å². The Kier molecular flexibility index (Phi) is 4.36. The van der Waals surface area contributed by atoms with E-state index in [4.69, 9.17) is 5.73 Å². The molecule has 3 heteroatoms. The molecule has 0 aromatic carbocycles. The maximum atomic E-state index is 12.3. The Morgan fingerprint density at radius 1 is 1.44 bits per heavy atom. The molecule has 0 saturated carbocycles. The van der Waals surface area contributed by atoms with Crippen molar-refractivity contribution in [2.24, 2.45) is 17.1 Å². The van der Waals surface area contributed by atoms with Crippen LogP contribution >= 0.6 is 0 Å². The fourth-order valence-corrected chi connectivity index (χ4v) is 2.25. The van der Waals surface area contributed by atoms with Crippen LogP contribution in [-0.4, -0.2) is 29.9 Å². The molecule has 0 aliphatic carbocycles. The molecule has 2 atom stereocenters. The average Bonchev–Trinajstić information content (AvgIpc) is 2.28. The zero-order chi connectivity index (χ0) is 12.3. The second-order valence-corrected chi connectivity index (χ2v) is 5.61. The first-order valence-electron chi connectivity index (χ1n) is 6.47. The lowest BCUT2D eigenvalue weighted by Crippen LogP contribution is -2.52. The molecule has 1 amide bonds. The smallest absolute Gasteiger partial charge is 0.228 e. The SMILES string of the molecule is CCC1CN(C(=O)C(C)(C)CC)CCC1N. The zero-order valence-electron chi connectivity index (χ0n) is 11.1. The highest BCUT2D eigenvalue weighted by Gasteiger charge is 2.34. The number of amides is 1. The molecule has 1 aliphatic heterocycles. The zero-order valence-corrected chi connectivity index (χ0v) is 11.1. The molecule has 1 heterocycles. The van der Waals surface area contributed by atoms with Gasteiger partial charge in [-0.25, -0.2) is 0 Å². The van der Waals surface area contributed by atoms with Crippen molar-refractivity contribution in [2.75, 3.05) is 13.1 Å². The molecule has 1 aliphatic rings. The Labute approximate surface area is 99.4 Å². The van der Waals surface area contributed by atoms with Crippen molar-refractivity contribution in [3.8, 4) is 0 Å². The number of likely N-dealkylation sites (tertiary alicyclic amines) is 1. The molecule has 0 bridgehead atoms. The fraction of sp³-hybridized carbons (Fsp3) is 0.923. The third-order valence-electron chi connectivity index (χ3n) is 4.07. The van der Waals surface area contributed by atoms with E-state index < -0.39 is 0 Å². The molecule has 0 aromatic heterocycles. The van der Waals surface area contributed by atoms with Gasteiger partial charge in [0.1, 0.15) is 0 Å². The molecule has 0 spiro atoms. The van der Waals surface area contributed by atoms with Crippen molar-refractivity contribution >= 4 is 5.91 Å². The first kappa shape index (κ1) is 13.5. The van der Waals surface area contributed by atoms with Gasteiger partial charge in [0.15, 0.2) is 0 Å². The van der Waals surface area contributed by atoms with Gasteiger partial charge in [-0.3, -0.25) is 4.79 Å². The topological polar surface area (TPSA) is 46.3 Å². The molecule has 94 valence electrons. The number of hydrogen-bond donors (Lipinski definition) is 1. The Morgan fingerprint density at radius 3 is 2.56 bits per heavy atom. The van der Waals surface area contributed by atoms with Crippen LogP contribution in [0.3, 0.4) is 0 Å². The van der Waals surface area contributed by atoms with Gasteiger partial charge in [-0.05, 0) is 18.8 Å². The molecule has 0 radical (unpaired) electrons. The summed E-state index contributed by atoms with van der Waals surface area (Å²) >= 11 is 0. The highest BCUT2D eigenvalue weighted by atomic mass is 16.2. The van der Waals surface area contributed by atoms with Crippen LogP contribution in [0, 0.1) is 11.3 Å². The summed E-state index contributed by atoms with van der Waals surface area (Å²) in [5, 5.41) is 0. The molecule has 2 N–H and O–H groups in total. The first-order chi connectivity index (χ1) is 7.42. The van der Waals surface area contributed by atoms with Gasteiger partial charge in [0, 0.05) is 24.5 Å². The van der Waals surface area contributed by atoms with E-state index in [1.54, 1.807) is 0 Å². The van der Waals surface area contributed by atoms with Crippen molar-refractivity contribution in [2.45, 2.75) is 53.0 Å². The van der Waals surface area contributed by atoms with Crippen LogP contribution < -0.4 is 5.73 Å². The first-order valence-corrected chi connectivity index (χ1v) is 6.47. The third kappa shape index (κ3) is 2.76. The van der Waals surface area contributed by atoms with Gasteiger partial charge in [-0.1, -0.05) is 34.1 Å². The number of hydrogen-bond acceptors (Lipinski definition) is 2. The summed E-state index contributed by atoms with van der Waals surface area (Å²) in [4.78, 5) is 14.3. The second-order valence-electron chi connectivity index (χ2n) is 5.61. The number of nitrogens with two attached hydrogens (primary N) is 1. The number of carbonyl (C=O) groups excluding carboxylic acids is 1.